The summed E-state index contributed by atoms with van der Waals surface area (Å²) in [6.45, 7) is 5.90. The maximum absolute atomic E-state index is 10.6. The molecule has 0 amide bonds. The molecule has 0 aliphatic carbocycles. The number of rotatable bonds is 5. The van der Waals surface area contributed by atoms with Gasteiger partial charge in [0.2, 0.25) is 0 Å². The number of aromatic nitrogens is 2. The average Bonchev–Trinajstić information content (AvgIpc) is 2.66. The standard InChI is InChI=1S/C14H21N3O2/c1-2-3-7-16-8-4-9-17-13(11-16)10-12(15-17)5-6-14(18)19/h2-3,10H,4-9,11H2,1H3,(H,18,19)/b3-2+. The van der Waals surface area contributed by atoms with E-state index in [-0.39, 0.29) is 6.42 Å². The van der Waals surface area contributed by atoms with Crippen LogP contribution in [0.1, 0.15) is 31.2 Å². The summed E-state index contributed by atoms with van der Waals surface area (Å²) in [7, 11) is 0. The summed E-state index contributed by atoms with van der Waals surface area (Å²) in [5, 5.41) is 13.2. The zero-order valence-corrected chi connectivity index (χ0v) is 11.4. The largest absolute Gasteiger partial charge is 0.481 e. The molecule has 19 heavy (non-hydrogen) atoms. The van der Waals surface area contributed by atoms with Crippen LogP contribution in [0.25, 0.3) is 0 Å². The fourth-order valence-corrected chi connectivity index (χ4v) is 2.36. The topological polar surface area (TPSA) is 58.4 Å². The van der Waals surface area contributed by atoms with Gasteiger partial charge in [0.25, 0.3) is 0 Å². The first-order valence-electron chi connectivity index (χ1n) is 6.80. The molecular formula is C14H21N3O2. The quantitative estimate of drug-likeness (QED) is 0.821. The monoisotopic (exact) mass is 263 g/mol. The van der Waals surface area contributed by atoms with Gasteiger partial charge in [-0.1, -0.05) is 12.2 Å². The van der Waals surface area contributed by atoms with Gasteiger partial charge in [-0.15, -0.1) is 0 Å². The molecule has 5 nitrogen and oxygen atoms in total. The number of allylic oxidation sites excluding steroid dienone is 1. The highest BCUT2D eigenvalue weighted by atomic mass is 16.4. The first-order chi connectivity index (χ1) is 9.19. The van der Waals surface area contributed by atoms with E-state index < -0.39 is 5.97 Å². The Morgan fingerprint density at radius 1 is 1.53 bits per heavy atom. The average molecular weight is 263 g/mol. The van der Waals surface area contributed by atoms with E-state index in [1.807, 2.05) is 11.6 Å². The van der Waals surface area contributed by atoms with Gasteiger partial charge in [-0.3, -0.25) is 14.4 Å². The van der Waals surface area contributed by atoms with Gasteiger partial charge in [-0.05, 0) is 19.4 Å². The summed E-state index contributed by atoms with van der Waals surface area (Å²) in [6, 6.07) is 2.05. The molecule has 0 aromatic carbocycles. The minimum absolute atomic E-state index is 0.152. The number of carboxylic acid groups (broad SMARTS) is 1. The number of carboxylic acids is 1. The van der Waals surface area contributed by atoms with Crippen molar-refractivity contribution in [1.29, 1.82) is 0 Å². The van der Waals surface area contributed by atoms with Crippen LogP contribution in [0.3, 0.4) is 0 Å². The SMILES string of the molecule is C/C=C/CN1CCCn2nc(CCC(=O)O)cc2C1. The van der Waals surface area contributed by atoms with E-state index >= 15 is 0 Å². The normalized spacial score (nSPS) is 16.5. The van der Waals surface area contributed by atoms with Crippen molar-refractivity contribution in [2.45, 2.75) is 39.3 Å². The summed E-state index contributed by atoms with van der Waals surface area (Å²) in [5.41, 5.74) is 2.09. The van der Waals surface area contributed by atoms with Crippen LogP contribution < -0.4 is 0 Å². The lowest BCUT2D eigenvalue weighted by Gasteiger charge is -2.16. The highest BCUT2D eigenvalue weighted by molar-refractivity contribution is 5.66. The Hall–Kier alpha value is -1.62. The van der Waals surface area contributed by atoms with Crippen molar-refractivity contribution < 1.29 is 9.90 Å². The molecule has 1 aliphatic heterocycles. The van der Waals surface area contributed by atoms with Crippen LogP contribution in [0.2, 0.25) is 0 Å². The maximum atomic E-state index is 10.6. The summed E-state index contributed by atoms with van der Waals surface area (Å²) >= 11 is 0. The number of aliphatic carboxylic acids is 1. The number of hydrogen-bond donors (Lipinski definition) is 1. The molecule has 104 valence electrons. The lowest BCUT2D eigenvalue weighted by atomic mass is 10.2. The van der Waals surface area contributed by atoms with E-state index in [1.54, 1.807) is 0 Å². The van der Waals surface area contributed by atoms with Crippen LogP contribution in [0, 0.1) is 0 Å². The third kappa shape index (κ3) is 3.92. The zero-order valence-electron chi connectivity index (χ0n) is 11.4. The van der Waals surface area contributed by atoms with E-state index in [2.05, 4.69) is 28.2 Å². The molecule has 0 bridgehead atoms. The molecule has 0 saturated heterocycles. The highest BCUT2D eigenvalue weighted by Crippen LogP contribution is 2.14. The molecule has 5 heteroatoms. The van der Waals surface area contributed by atoms with Gasteiger partial charge in [0.1, 0.15) is 0 Å². The molecule has 2 rings (SSSR count). The summed E-state index contributed by atoms with van der Waals surface area (Å²) in [4.78, 5) is 13.0. The first kappa shape index (κ1) is 13.8. The lowest BCUT2D eigenvalue weighted by Crippen LogP contribution is -2.23. The molecular weight excluding hydrogens is 242 g/mol. The van der Waals surface area contributed by atoms with Crippen LogP contribution in [-0.4, -0.2) is 38.8 Å². The van der Waals surface area contributed by atoms with Crippen molar-refractivity contribution in [3.05, 3.63) is 29.6 Å². The number of hydrogen-bond acceptors (Lipinski definition) is 3. The van der Waals surface area contributed by atoms with Gasteiger partial charge < -0.3 is 5.11 Å². The Balaban J connectivity index is 2.02. The molecule has 0 atom stereocenters. The second kappa shape index (κ2) is 6.52. The van der Waals surface area contributed by atoms with Gasteiger partial charge in [-0.2, -0.15) is 5.10 Å². The van der Waals surface area contributed by atoms with Crippen LogP contribution >= 0.6 is 0 Å². The van der Waals surface area contributed by atoms with Gasteiger partial charge in [0.15, 0.2) is 0 Å². The Labute approximate surface area is 113 Å². The second-order valence-corrected chi connectivity index (χ2v) is 4.90. The molecule has 0 fully saturated rings. The first-order valence-corrected chi connectivity index (χ1v) is 6.80. The molecule has 0 unspecified atom stereocenters. The second-order valence-electron chi connectivity index (χ2n) is 4.90. The molecule has 1 aliphatic rings. The van der Waals surface area contributed by atoms with E-state index in [9.17, 15) is 4.79 Å². The third-order valence-electron chi connectivity index (χ3n) is 3.34. The smallest absolute Gasteiger partial charge is 0.303 e. The number of carbonyl (C=O) groups is 1. The molecule has 1 N–H and O–H groups in total. The molecule has 2 heterocycles. The number of nitrogens with zero attached hydrogens (tertiary/aromatic N) is 3. The number of fused-ring (bicyclic) bond motifs is 1. The van der Waals surface area contributed by atoms with E-state index in [1.165, 1.54) is 5.69 Å². The Morgan fingerprint density at radius 2 is 2.37 bits per heavy atom. The Kier molecular flexibility index (Phi) is 4.74. The molecule has 0 saturated carbocycles. The van der Waals surface area contributed by atoms with Crippen molar-refractivity contribution in [1.82, 2.24) is 14.7 Å². The third-order valence-corrected chi connectivity index (χ3v) is 3.34. The zero-order chi connectivity index (χ0) is 13.7. The number of aryl methyl sites for hydroxylation is 2. The minimum Gasteiger partial charge on any atom is -0.481 e. The van der Waals surface area contributed by atoms with Crippen LogP contribution in [0.5, 0.6) is 0 Å². The Bertz CT molecular complexity index is 465. The van der Waals surface area contributed by atoms with Gasteiger partial charge in [0.05, 0.1) is 17.8 Å². The Morgan fingerprint density at radius 3 is 3.11 bits per heavy atom. The minimum atomic E-state index is -0.766. The summed E-state index contributed by atoms with van der Waals surface area (Å²) in [5.74, 6) is -0.766. The molecule has 0 spiro atoms. The summed E-state index contributed by atoms with van der Waals surface area (Å²) < 4.78 is 2.03. The predicted octanol–water partition coefficient (Wildman–Crippen LogP) is 1.68. The molecule has 1 aromatic rings. The molecule has 1 aromatic heterocycles. The van der Waals surface area contributed by atoms with E-state index in [4.69, 9.17) is 5.11 Å². The van der Waals surface area contributed by atoms with Crippen molar-refractivity contribution in [2.24, 2.45) is 0 Å². The fourth-order valence-electron chi connectivity index (χ4n) is 2.36. The van der Waals surface area contributed by atoms with Gasteiger partial charge in [0, 0.05) is 32.6 Å². The highest BCUT2D eigenvalue weighted by Gasteiger charge is 2.16. The van der Waals surface area contributed by atoms with Crippen molar-refractivity contribution in [3.8, 4) is 0 Å². The summed E-state index contributed by atoms with van der Waals surface area (Å²) in [6.07, 6.45) is 5.99. The van der Waals surface area contributed by atoms with Crippen molar-refractivity contribution in [2.75, 3.05) is 13.1 Å². The molecule has 0 radical (unpaired) electrons. The van der Waals surface area contributed by atoms with Crippen molar-refractivity contribution in [3.63, 3.8) is 0 Å². The van der Waals surface area contributed by atoms with Gasteiger partial charge in [-0.25, -0.2) is 0 Å². The predicted molar refractivity (Wildman–Crippen MR) is 72.9 cm³/mol. The fraction of sp³-hybridized carbons (Fsp3) is 0.571. The van der Waals surface area contributed by atoms with Gasteiger partial charge >= 0.3 is 5.97 Å². The van der Waals surface area contributed by atoms with Crippen LogP contribution in [0.15, 0.2) is 18.2 Å². The van der Waals surface area contributed by atoms with Crippen LogP contribution in [0.4, 0.5) is 0 Å². The maximum Gasteiger partial charge on any atom is 0.303 e. The van der Waals surface area contributed by atoms with E-state index in [0.717, 1.165) is 38.3 Å². The van der Waals surface area contributed by atoms with Crippen molar-refractivity contribution >= 4 is 5.97 Å². The lowest BCUT2D eigenvalue weighted by molar-refractivity contribution is -0.136. The van der Waals surface area contributed by atoms with Crippen LogP contribution in [-0.2, 0) is 24.3 Å². The van der Waals surface area contributed by atoms with E-state index in [0.29, 0.717) is 6.42 Å².